The van der Waals surface area contributed by atoms with Gasteiger partial charge in [-0.1, -0.05) is 18.9 Å². The molecule has 0 amide bonds. The molecule has 0 aromatic rings. The van der Waals surface area contributed by atoms with Crippen molar-refractivity contribution in [2.75, 3.05) is 12.3 Å². The van der Waals surface area contributed by atoms with Gasteiger partial charge in [0.05, 0.1) is 5.75 Å². The van der Waals surface area contributed by atoms with Crippen molar-refractivity contribution in [3.8, 4) is 0 Å². The predicted octanol–water partition coefficient (Wildman–Crippen LogP) is 0.609. The fourth-order valence-corrected chi connectivity index (χ4v) is 3.29. The molecule has 5 heteroatoms. The molecule has 0 aliphatic heterocycles. The maximum absolute atomic E-state index is 11.5. The van der Waals surface area contributed by atoms with Crippen molar-refractivity contribution in [1.82, 2.24) is 4.72 Å². The highest BCUT2D eigenvalue weighted by Crippen LogP contribution is 2.27. The number of nitrogens with two attached hydrogens (primary N) is 1. The molecule has 15 heavy (non-hydrogen) atoms. The Balaban J connectivity index is 2.55. The molecule has 1 saturated carbocycles. The average molecular weight is 232 g/mol. The highest BCUT2D eigenvalue weighted by atomic mass is 32.2. The van der Waals surface area contributed by atoms with Crippen molar-refractivity contribution in [2.24, 2.45) is 11.7 Å². The minimum absolute atomic E-state index is 0.0315. The molecular weight excluding hydrogens is 212 g/mol. The van der Waals surface area contributed by atoms with Gasteiger partial charge in [0.2, 0.25) is 10.0 Å². The maximum atomic E-state index is 11.5. The Hall–Kier alpha value is -0.390. The van der Waals surface area contributed by atoms with Crippen LogP contribution in [0.3, 0.4) is 0 Å². The topological polar surface area (TPSA) is 72.2 Å². The zero-order valence-electron chi connectivity index (χ0n) is 8.98. The minimum atomic E-state index is -3.23. The maximum Gasteiger partial charge on any atom is 0.215 e. The molecule has 0 bridgehead atoms. The monoisotopic (exact) mass is 232 g/mol. The number of sulfonamides is 1. The van der Waals surface area contributed by atoms with Crippen LogP contribution in [0.2, 0.25) is 0 Å². The smallest absolute Gasteiger partial charge is 0.215 e. The van der Waals surface area contributed by atoms with E-state index in [2.05, 4.69) is 11.3 Å². The van der Waals surface area contributed by atoms with Gasteiger partial charge in [0.1, 0.15) is 0 Å². The average Bonchev–Trinajstić information content (AvgIpc) is 2.67. The van der Waals surface area contributed by atoms with E-state index in [1.165, 1.54) is 18.9 Å². The highest BCUT2D eigenvalue weighted by molar-refractivity contribution is 7.89. The number of hydrogen-bond donors (Lipinski definition) is 2. The quantitative estimate of drug-likeness (QED) is 0.659. The first-order chi connectivity index (χ1) is 7.09. The van der Waals surface area contributed by atoms with Gasteiger partial charge in [-0.3, -0.25) is 0 Å². The summed E-state index contributed by atoms with van der Waals surface area (Å²) in [5.41, 5.74) is 5.60. The third-order valence-corrected chi connectivity index (χ3v) is 4.23. The Kier molecular flexibility index (Phi) is 4.76. The summed E-state index contributed by atoms with van der Waals surface area (Å²) < 4.78 is 25.7. The van der Waals surface area contributed by atoms with Crippen molar-refractivity contribution in [3.05, 3.63) is 12.7 Å². The lowest BCUT2D eigenvalue weighted by Crippen LogP contribution is -2.45. The first-order valence-corrected chi connectivity index (χ1v) is 7.05. The van der Waals surface area contributed by atoms with Gasteiger partial charge < -0.3 is 5.73 Å². The van der Waals surface area contributed by atoms with Crippen LogP contribution in [-0.2, 0) is 10.0 Å². The van der Waals surface area contributed by atoms with Gasteiger partial charge in [-0.2, -0.15) is 0 Å². The number of nitrogens with one attached hydrogen (secondary N) is 1. The summed E-state index contributed by atoms with van der Waals surface area (Å²) in [5, 5.41) is 0. The molecule has 4 nitrogen and oxygen atoms in total. The van der Waals surface area contributed by atoms with Crippen LogP contribution in [0.1, 0.15) is 25.7 Å². The number of rotatable bonds is 6. The molecule has 1 atom stereocenters. The zero-order chi connectivity index (χ0) is 11.3. The third-order valence-electron chi connectivity index (χ3n) is 2.89. The number of hydrogen-bond acceptors (Lipinski definition) is 3. The van der Waals surface area contributed by atoms with Crippen LogP contribution in [-0.4, -0.2) is 26.8 Å². The Bertz CT molecular complexity index is 295. The lowest BCUT2D eigenvalue weighted by molar-refractivity contribution is 0.406. The highest BCUT2D eigenvalue weighted by Gasteiger charge is 2.26. The summed E-state index contributed by atoms with van der Waals surface area (Å²) >= 11 is 0. The molecule has 88 valence electrons. The second-order valence-electron chi connectivity index (χ2n) is 4.07. The lowest BCUT2D eigenvalue weighted by atomic mass is 9.99. The molecule has 1 rings (SSSR count). The Morgan fingerprint density at radius 3 is 2.53 bits per heavy atom. The molecule has 1 aliphatic rings. The van der Waals surface area contributed by atoms with Gasteiger partial charge in [0.15, 0.2) is 0 Å². The van der Waals surface area contributed by atoms with Crippen LogP contribution in [0, 0.1) is 5.92 Å². The third kappa shape index (κ3) is 3.93. The van der Waals surface area contributed by atoms with Crippen LogP contribution in [0.15, 0.2) is 12.7 Å². The summed E-state index contributed by atoms with van der Waals surface area (Å²) in [5.74, 6) is 0.380. The van der Waals surface area contributed by atoms with Gasteiger partial charge >= 0.3 is 0 Å². The standard InChI is InChI=1S/C10H20N2O2S/c1-2-7-15(13,14)12-10(8-11)9-5-3-4-6-9/h2,9-10,12H,1,3-8,11H2. The van der Waals surface area contributed by atoms with Crippen LogP contribution >= 0.6 is 0 Å². The van der Waals surface area contributed by atoms with E-state index in [9.17, 15) is 8.42 Å². The largest absolute Gasteiger partial charge is 0.329 e. The van der Waals surface area contributed by atoms with Gasteiger partial charge in [0.25, 0.3) is 0 Å². The Labute approximate surface area is 92.0 Å². The Morgan fingerprint density at radius 1 is 1.47 bits per heavy atom. The molecule has 0 aromatic heterocycles. The molecule has 0 radical (unpaired) electrons. The van der Waals surface area contributed by atoms with Crippen molar-refractivity contribution in [2.45, 2.75) is 31.7 Å². The minimum Gasteiger partial charge on any atom is -0.329 e. The van der Waals surface area contributed by atoms with E-state index in [1.807, 2.05) is 0 Å². The molecule has 3 N–H and O–H groups in total. The predicted molar refractivity (Wildman–Crippen MR) is 61.9 cm³/mol. The van der Waals surface area contributed by atoms with Crippen LogP contribution < -0.4 is 10.5 Å². The Morgan fingerprint density at radius 2 is 2.07 bits per heavy atom. The van der Waals surface area contributed by atoms with Crippen molar-refractivity contribution in [1.29, 1.82) is 0 Å². The summed E-state index contributed by atoms with van der Waals surface area (Å²) in [6.45, 7) is 3.80. The van der Waals surface area contributed by atoms with E-state index in [1.54, 1.807) is 0 Å². The van der Waals surface area contributed by atoms with Gasteiger partial charge in [-0.05, 0) is 18.8 Å². The molecule has 1 unspecified atom stereocenters. The summed E-state index contributed by atoms with van der Waals surface area (Å²) in [7, 11) is -3.23. The van der Waals surface area contributed by atoms with Gasteiger partial charge in [-0.15, -0.1) is 6.58 Å². The van der Waals surface area contributed by atoms with Crippen molar-refractivity contribution >= 4 is 10.0 Å². The van der Waals surface area contributed by atoms with Crippen molar-refractivity contribution in [3.63, 3.8) is 0 Å². The van der Waals surface area contributed by atoms with E-state index in [-0.39, 0.29) is 11.8 Å². The lowest BCUT2D eigenvalue weighted by Gasteiger charge is -2.22. The molecule has 0 saturated heterocycles. The summed E-state index contributed by atoms with van der Waals surface area (Å²) in [6, 6.07) is -0.0996. The second kappa shape index (κ2) is 5.63. The SMILES string of the molecule is C=CCS(=O)(=O)NC(CN)C1CCCC1. The summed E-state index contributed by atoms with van der Waals surface area (Å²) in [4.78, 5) is 0. The van der Waals surface area contributed by atoms with E-state index >= 15 is 0 Å². The second-order valence-corrected chi connectivity index (χ2v) is 5.87. The van der Waals surface area contributed by atoms with Crippen molar-refractivity contribution < 1.29 is 8.42 Å². The molecule has 1 aliphatic carbocycles. The van der Waals surface area contributed by atoms with Gasteiger partial charge in [0, 0.05) is 12.6 Å². The van der Waals surface area contributed by atoms with E-state index in [0.29, 0.717) is 12.5 Å². The molecule has 0 spiro atoms. The molecule has 1 fully saturated rings. The molecular formula is C10H20N2O2S. The fraction of sp³-hybridized carbons (Fsp3) is 0.800. The van der Waals surface area contributed by atoms with E-state index < -0.39 is 10.0 Å². The van der Waals surface area contributed by atoms with Crippen LogP contribution in [0.4, 0.5) is 0 Å². The van der Waals surface area contributed by atoms with E-state index in [4.69, 9.17) is 5.73 Å². The molecule has 0 heterocycles. The normalized spacial score (nSPS) is 20.3. The molecule has 0 aromatic carbocycles. The van der Waals surface area contributed by atoms with Gasteiger partial charge in [-0.25, -0.2) is 13.1 Å². The van der Waals surface area contributed by atoms with Crippen LogP contribution in [0.5, 0.6) is 0 Å². The first kappa shape index (κ1) is 12.7. The first-order valence-electron chi connectivity index (χ1n) is 5.40. The fourth-order valence-electron chi connectivity index (χ4n) is 2.13. The van der Waals surface area contributed by atoms with E-state index in [0.717, 1.165) is 12.8 Å². The van der Waals surface area contributed by atoms with Crippen LogP contribution in [0.25, 0.3) is 0 Å². The zero-order valence-corrected chi connectivity index (χ0v) is 9.80. The summed E-state index contributed by atoms with van der Waals surface area (Å²) in [6.07, 6.45) is 5.93.